The highest BCUT2D eigenvalue weighted by atomic mass is 15.3. The highest BCUT2D eigenvalue weighted by Crippen LogP contribution is 2.14. The van der Waals surface area contributed by atoms with Crippen LogP contribution in [0.5, 0.6) is 0 Å². The van der Waals surface area contributed by atoms with Gasteiger partial charge in [0.25, 0.3) is 0 Å². The number of nitrogens with zero attached hydrogens (tertiary/aromatic N) is 3. The Morgan fingerprint density at radius 2 is 2.18 bits per heavy atom. The van der Waals surface area contributed by atoms with Crippen LogP contribution in [0.2, 0.25) is 0 Å². The van der Waals surface area contributed by atoms with Gasteiger partial charge in [-0.3, -0.25) is 4.68 Å². The lowest BCUT2D eigenvalue weighted by molar-refractivity contribution is 0.212. The third-order valence-electron chi connectivity index (χ3n) is 3.61. The third kappa shape index (κ3) is 4.13. The first-order valence-electron chi connectivity index (χ1n) is 6.63. The predicted octanol–water partition coefficient (Wildman–Crippen LogP) is 1.20. The molecule has 1 atom stereocenters. The molecule has 0 amide bonds. The molecule has 2 rings (SSSR count). The summed E-state index contributed by atoms with van der Waals surface area (Å²) in [5.74, 6) is 0.853. The minimum absolute atomic E-state index is 0.495. The molecule has 0 aromatic carbocycles. The minimum Gasteiger partial charge on any atom is -0.312 e. The number of piperidine rings is 1. The first-order chi connectivity index (χ1) is 8.24. The lowest BCUT2D eigenvalue weighted by Gasteiger charge is -2.29. The molecule has 2 heterocycles. The van der Waals surface area contributed by atoms with Gasteiger partial charge in [0.1, 0.15) is 0 Å². The average Bonchev–Trinajstić information content (AvgIpc) is 2.81. The van der Waals surface area contributed by atoms with Crippen molar-refractivity contribution in [1.82, 2.24) is 20.0 Å². The summed E-state index contributed by atoms with van der Waals surface area (Å²) in [7, 11) is 2.21. The number of hydrogen-bond donors (Lipinski definition) is 1. The van der Waals surface area contributed by atoms with Crippen LogP contribution < -0.4 is 5.32 Å². The van der Waals surface area contributed by atoms with E-state index < -0.39 is 0 Å². The van der Waals surface area contributed by atoms with Crippen molar-refractivity contribution in [2.45, 2.75) is 32.4 Å². The first-order valence-corrected chi connectivity index (χ1v) is 6.63. The Bertz CT molecular complexity index is 301. The van der Waals surface area contributed by atoms with Crippen LogP contribution in [0.25, 0.3) is 0 Å². The summed E-state index contributed by atoms with van der Waals surface area (Å²) in [6.45, 7) is 6.84. The fraction of sp³-hybridized carbons (Fsp3) is 0.769. The highest BCUT2D eigenvalue weighted by Gasteiger charge is 2.16. The van der Waals surface area contributed by atoms with Crippen molar-refractivity contribution >= 4 is 0 Å². The zero-order valence-corrected chi connectivity index (χ0v) is 11.0. The number of hydrogen-bond acceptors (Lipinski definition) is 3. The fourth-order valence-electron chi connectivity index (χ4n) is 2.39. The molecule has 0 bridgehead atoms. The van der Waals surface area contributed by atoms with E-state index in [2.05, 4.69) is 29.3 Å². The summed E-state index contributed by atoms with van der Waals surface area (Å²) in [5.41, 5.74) is 0. The Morgan fingerprint density at radius 3 is 2.82 bits per heavy atom. The second-order valence-electron chi connectivity index (χ2n) is 5.28. The summed E-state index contributed by atoms with van der Waals surface area (Å²) < 4.78 is 1.99. The maximum atomic E-state index is 4.23. The van der Waals surface area contributed by atoms with Crippen LogP contribution in [-0.2, 0) is 6.54 Å². The lowest BCUT2D eigenvalue weighted by atomic mass is 9.97. The Kier molecular flexibility index (Phi) is 4.57. The number of aromatic nitrogens is 2. The molecular weight excluding hydrogens is 212 g/mol. The molecule has 0 aliphatic carbocycles. The highest BCUT2D eigenvalue weighted by molar-refractivity contribution is 4.79. The molecule has 1 aromatic heterocycles. The largest absolute Gasteiger partial charge is 0.312 e. The van der Waals surface area contributed by atoms with Crippen molar-refractivity contribution in [3.05, 3.63) is 18.5 Å². The topological polar surface area (TPSA) is 33.1 Å². The van der Waals surface area contributed by atoms with Crippen LogP contribution in [0.15, 0.2) is 18.5 Å². The van der Waals surface area contributed by atoms with Gasteiger partial charge in [-0.15, -0.1) is 0 Å². The molecule has 4 nitrogen and oxygen atoms in total. The molecule has 1 saturated heterocycles. The molecular formula is C13H24N4. The second-order valence-corrected chi connectivity index (χ2v) is 5.28. The Hall–Kier alpha value is -0.870. The number of rotatable bonds is 5. The summed E-state index contributed by atoms with van der Waals surface area (Å²) in [6.07, 6.45) is 6.52. The van der Waals surface area contributed by atoms with Gasteiger partial charge >= 0.3 is 0 Å². The summed E-state index contributed by atoms with van der Waals surface area (Å²) in [4.78, 5) is 2.42. The van der Waals surface area contributed by atoms with E-state index in [1.807, 2.05) is 23.1 Å². The molecule has 17 heavy (non-hydrogen) atoms. The third-order valence-corrected chi connectivity index (χ3v) is 3.61. The normalized spacial score (nSPS) is 20.6. The van der Waals surface area contributed by atoms with Gasteiger partial charge in [-0.05, 0) is 58.4 Å². The van der Waals surface area contributed by atoms with Crippen molar-refractivity contribution in [3.8, 4) is 0 Å². The number of likely N-dealkylation sites (tertiary alicyclic amines) is 1. The second kappa shape index (κ2) is 6.17. The van der Waals surface area contributed by atoms with E-state index in [-0.39, 0.29) is 0 Å². The summed E-state index contributed by atoms with van der Waals surface area (Å²) in [5, 5.41) is 7.86. The standard InChI is InChI=1S/C13H24N4/c1-12(11-17-7-3-6-15-17)14-10-13-4-8-16(2)9-5-13/h3,6-7,12-14H,4-5,8-11H2,1-2H3. The van der Waals surface area contributed by atoms with E-state index in [9.17, 15) is 0 Å². The molecule has 4 heteroatoms. The molecule has 1 aliphatic heterocycles. The molecule has 1 aromatic rings. The summed E-state index contributed by atoms with van der Waals surface area (Å²) in [6, 6.07) is 2.47. The van der Waals surface area contributed by atoms with Gasteiger partial charge in [0.15, 0.2) is 0 Å². The van der Waals surface area contributed by atoms with E-state index in [1.54, 1.807) is 0 Å². The average molecular weight is 236 g/mol. The Labute approximate surface area is 104 Å². The lowest BCUT2D eigenvalue weighted by Crippen LogP contribution is -2.39. The van der Waals surface area contributed by atoms with Crippen molar-refractivity contribution in [3.63, 3.8) is 0 Å². The van der Waals surface area contributed by atoms with Gasteiger partial charge in [-0.2, -0.15) is 5.10 Å². The van der Waals surface area contributed by atoms with Gasteiger partial charge in [0.05, 0.1) is 6.54 Å². The predicted molar refractivity (Wildman–Crippen MR) is 69.9 cm³/mol. The Balaban J connectivity index is 1.64. The van der Waals surface area contributed by atoms with Crippen LogP contribution in [0, 0.1) is 5.92 Å². The minimum atomic E-state index is 0.495. The van der Waals surface area contributed by atoms with Crippen LogP contribution in [-0.4, -0.2) is 47.4 Å². The van der Waals surface area contributed by atoms with Crippen LogP contribution in [0.4, 0.5) is 0 Å². The molecule has 1 unspecified atom stereocenters. The monoisotopic (exact) mass is 236 g/mol. The molecule has 96 valence electrons. The summed E-state index contributed by atoms with van der Waals surface area (Å²) >= 11 is 0. The molecule has 1 fully saturated rings. The van der Waals surface area contributed by atoms with Crippen molar-refractivity contribution < 1.29 is 0 Å². The van der Waals surface area contributed by atoms with E-state index in [0.717, 1.165) is 19.0 Å². The van der Waals surface area contributed by atoms with E-state index in [4.69, 9.17) is 0 Å². The van der Waals surface area contributed by atoms with Gasteiger partial charge in [0.2, 0.25) is 0 Å². The van der Waals surface area contributed by atoms with Gasteiger partial charge in [-0.25, -0.2) is 0 Å². The number of nitrogens with one attached hydrogen (secondary N) is 1. The Morgan fingerprint density at radius 1 is 1.41 bits per heavy atom. The van der Waals surface area contributed by atoms with Crippen LogP contribution >= 0.6 is 0 Å². The molecule has 1 aliphatic rings. The van der Waals surface area contributed by atoms with Gasteiger partial charge in [0, 0.05) is 18.4 Å². The van der Waals surface area contributed by atoms with Crippen LogP contribution in [0.1, 0.15) is 19.8 Å². The fourth-order valence-corrected chi connectivity index (χ4v) is 2.39. The zero-order valence-electron chi connectivity index (χ0n) is 11.0. The van der Waals surface area contributed by atoms with Crippen molar-refractivity contribution in [1.29, 1.82) is 0 Å². The molecule has 1 N–H and O–H groups in total. The van der Waals surface area contributed by atoms with Gasteiger partial charge < -0.3 is 10.2 Å². The zero-order chi connectivity index (χ0) is 12.1. The van der Waals surface area contributed by atoms with Gasteiger partial charge in [-0.1, -0.05) is 0 Å². The molecule has 0 spiro atoms. The van der Waals surface area contributed by atoms with Crippen molar-refractivity contribution in [2.75, 3.05) is 26.7 Å². The van der Waals surface area contributed by atoms with E-state index >= 15 is 0 Å². The first kappa shape index (κ1) is 12.6. The maximum absolute atomic E-state index is 4.23. The van der Waals surface area contributed by atoms with Crippen LogP contribution in [0.3, 0.4) is 0 Å². The molecule has 0 saturated carbocycles. The van der Waals surface area contributed by atoms with E-state index in [1.165, 1.54) is 25.9 Å². The quantitative estimate of drug-likeness (QED) is 0.834. The smallest absolute Gasteiger partial charge is 0.0559 e. The van der Waals surface area contributed by atoms with E-state index in [0.29, 0.717) is 6.04 Å². The van der Waals surface area contributed by atoms with Crippen molar-refractivity contribution in [2.24, 2.45) is 5.92 Å². The SMILES string of the molecule is CC(Cn1cccn1)NCC1CCN(C)CC1. The maximum Gasteiger partial charge on any atom is 0.0559 e. The molecule has 0 radical (unpaired) electrons.